The predicted octanol–water partition coefficient (Wildman–Crippen LogP) is 3.82. The molecule has 0 amide bonds. The third-order valence-corrected chi connectivity index (χ3v) is 2.99. The Balaban J connectivity index is 2.08. The van der Waals surface area contributed by atoms with Crippen molar-refractivity contribution < 1.29 is 8.78 Å². The lowest BCUT2D eigenvalue weighted by Gasteiger charge is -1.99. The lowest BCUT2D eigenvalue weighted by molar-refractivity contribution is 0.120. The number of rotatable bonds is 2. The first kappa shape index (κ1) is 9.13. The van der Waals surface area contributed by atoms with Gasteiger partial charge in [0.15, 0.2) is 0 Å². The molecule has 0 heterocycles. The fourth-order valence-corrected chi connectivity index (χ4v) is 1.85. The van der Waals surface area contributed by atoms with Gasteiger partial charge in [-0.15, -0.1) is 0 Å². The van der Waals surface area contributed by atoms with Crippen molar-refractivity contribution in [2.45, 2.75) is 18.8 Å². The topological polar surface area (TPSA) is 0 Å². The molecule has 0 saturated heterocycles. The molecular weight excluding hydrogens is 238 g/mol. The maximum absolute atomic E-state index is 12.2. The number of hydrogen-bond donors (Lipinski definition) is 0. The molecule has 1 aliphatic rings. The zero-order chi connectivity index (χ0) is 9.42. The van der Waals surface area contributed by atoms with Gasteiger partial charge in [0.05, 0.1) is 0 Å². The summed E-state index contributed by atoms with van der Waals surface area (Å²) >= 11 is 3.31. The second-order valence-electron chi connectivity index (χ2n) is 3.39. The Morgan fingerprint density at radius 1 is 1.23 bits per heavy atom. The van der Waals surface area contributed by atoms with Gasteiger partial charge in [-0.25, -0.2) is 8.78 Å². The summed E-state index contributed by atoms with van der Waals surface area (Å²) in [6.07, 6.45) is -1.52. The molecule has 13 heavy (non-hydrogen) atoms. The molecule has 1 saturated carbocycles. The van der Waals surface area contributed by atoms with E-state index in [1.54, 1.807) is 0 Å². The standard InChI is InChI=1S/C10H9BrF2/c11-7-3-1-6(2-4-7)8-5-9(8)10(12)13/h1-4,8-10H,5H2/t8-,9+/m0/s1. The molecule has 1 aromatic rings. The van der Waals surface area contributed by atoms with E-state index in [-0.39, 0.29) is 5.92 Å². The lowest BCUT2D eigenvalue weighted by atomic mass is 10.1. The molecule has 3 heteroatoms. The zero-order valence-corrected chi connectivity index (χ0v) is 8.47. The average molecular weight is 247 g/mol. The molecule has 1 aliphatic carbocycles. The van der Waals surface area contributed by atoms with Crippen LogP contribution in [0.5, 0.6) is 0 Å². The van der Waals surface area contributed by atoms with Crippen molar-refractivity contribution in [3.05, 3.63) is 34.3 Å². The van der Waals surface area contributed by atoms with Crippen LogP contribution in [0.1, 0.15) is 17.9 Å². The fourth-order valence-electron chi connectivity index (χ4n) is 1.59. The van der Waals surface area contributed by atoms with Crippen LogP contribution in [-0.4, -0.2) is 6.43 Å². The highest BCUT2D eigenvalue weighted by molar-refractivity contribution is 9.10. The van der Waals surface area contributed by atoms with Crippen molar-refractivity contribution in [2.24, 2.45) is 5.92 Å². The Morgan fingerprint density at radius 2 is 1.85 bits per heavy atom. The van der Waals surface area contributed by atoms with E-state index in [4.69, 9.17) is 0 Å². The number of alkyl halides is 2. The van der Waals surface area contributed by atoms with E-state index in [1.807, 2.05) is 24.3 Å². The summed E-state index contributed by atoms with van der Waals surface area (Å²) < 4.78 is 25.4. The Morgan fingerprint density at radius 3 is 2.31 bits per heavy atom. The first-order chi connectivity index (χ1) is 6.18. The molecule has 0 aromatic heterocycles. The maximum Gasteiger partial charge on any atom is 0.242 e. The summed E-state index contributed by atoms with van der Waals surface area (Å²) in [7, 11) is 0. The van der Waals surface area contributed by atoms with Gasteiger partial charge in [-0.3, -0.25) is 0 Å². The van der Waals surface area contributed by atoms with Gasteiger partial charge in [-0.2, -0.15) is 0 Å². The second kappa shape index (κ2) is 3.37. The van der Waals surface area contributed by atoms with Crippen molar-refractivity contribution in [3.63, 3.8) is 0 Å². The lowest BCUT2D eigenvalue weighted by Crippen LogP contribution is -1.94. The van der Waals surface area contributed by atoms with Crippen LogP contribution in [0.2, 0.25) is 0 Å². The van der Waals surface area contributed by atoms with E-state index in [1.165, 1.54) is 0 Å². The van der Waals surface area contributed by atoms with Crippen LogP contribution >= 0.6 is 15.9 Å². The van der Waals surface area contributed by atoms with Crippen LogP contribution in [0.3, 0.4) is 0 Å². The molecule has 1 aromatic carbocycles. The summed E-state index contributed by atoms with van der Waals surface area (Å²) in [5.74, 6) is -0.311. The van der Waals surface area contributed by atoms with E-state index in [2.05, 4.69) is 15.9 Å². The molecule has 0 nitrogen and oxygen atoms in total. The van der Waals surface area contributed by atoms with Crippen molar-refractivity contribution in [3.8, 4) is 0 Å². The van der Waals surface area contributed by atoms with E-state index >= 15 is 0 Å². The van der Waals surface area contributed by atoms with Crippen LogP contribution in [0.15, 0.2) is 28.7 Å². The highest BCUT2D eigenvalue weighted by Crippen LogP contribution is 2.50. The Hall–Kier alpha value is -0.440. The molecular formula is C10H9BrF2. The Labute approximate surface area is 84.1 Å². The maximum atomic E-state index is 12.2. The minimum Gasteiger partial charge on any atom is -0.210 e. The summed E-state index contributed by atoms with van der Waals surface area (Å²) in [5, 5.41) is 0. The fraction of sp³-hybridized carbons (Fsp3) is 0.400. The van der Waals surface area contributed by atoms with Crippen molar-refractivity contribution in [1.82, 2.24) is 0 Å². The Kier molecular flexibility index (Phi) is 2.37. The van der Waals surface area contributed by atoms with Gasteiger partial charge in [0.25, 0.3) is 0 Å². The molecule has 1 fully saturated rings. The quantitative estimate of drug-likeness (QED) is 0.745. The van der Waals surface area contributed by atoms with Gasteiger partial charge in [0.2, 0.25) is 6.43 Å². The van der Waals surface area contributed by atoms with Gasteiger partial charge < -0.3 is 0 Å². The first-order valence-corrected chi connectivity index (χ1v) is 5.01. The van der Waals surface area contributed by atoms with Crippen LogP contribution in [-0.2, 0) is 0 Å². The summed E-state index contributed by atoms with van der Waals surface area (Å²) in [5.41, 5.74) is 1.04. The van der Waals surface area contributed by atoms with Crippen molar-refractivity contribution >= 4 is 15.9 Å². The van der Waals surface area contributed by atoms with Crippen molar-refractivity contribution in [2.75, 3.05) is 0 Å². The molecule has 0 bridgehead atoms. The highest BCUT2D eigenvalue weighted by Gasteiger charge is 2.44. The number of benzene rings is 1. The molecule has 0 unspecified atom stereocenters. The number of halogens is 3. The monoisotopic (exact) mass is 246 g/mol. The number of hydrogen-bond acceptors (Lipinski definition) is 0. The van der Waals surface area contributed by atoms with Gasteiger partial charge in [-0.05, 0) is 30.0 Å². The van der Waals surface area contributed by atoms with Crippen molar-refractivity contribution in [1.29, 1.82) is 0 Å². The third-order valence-electron chi connectivity index (χ3n) is 2.46. The molecule has 2 rings (SSSR count). The summed E-state index contributed by atoms with van der Waals surface area (Å²) in [6.45, 7) is 0. The van der Waals surface area contributed by atoms with Crippen LogP contribution in [0.4, 0.5) is 8.78 Å². The van der Waals surface area contributed by atoms with E-state index in [0.717, 1.165) is 10.0 Å². The van der Waals surface area contributed by atoms with E-state index in [9.17, 15) is 8.78 Å². The summed E-state index contributed by atoms with van der Waals surface area (Å²) in [4.78, 5) is 0. The second-order valence-corrected chi connectivity index (χ2v) is 4.31. The smallest absolute Gasteiger partial charge is 0.210 e. The summed E-state index contributed by atoms with van der Waals surface area (Å²) in [6, 6.07) is 7.63. The zero-order valence-electron chi connectivity index (χ0n) is 6.88. The average Bonchev–Trinajstić information content (AvgIpc) is 2.85. The van der Waals surface area contributed by atoms with Crippen LogP contribution in [0.25, 0.3) is 0 Å². The van der Waals surface area contributed by atoms with Crippen LogP contribution in [0, 0.1) is 5.92 Å². The van der Waals surface area contributed by atoms with E-state index in [0.29, 0.717) is 6.42 Å². The minimum atomic E-state index is -2.16. The van der Waals surface area contributed by atoms with Crippen LogP contribution < -0.4 is 0 Å². The molecule has 2 atom stereocenters. The van der Waals surface area contributed by atoms with Gasteiger partial charge in [-0.1, -0.05) is 28.1 Å². The van der Waals surface area contributed by atoms with Gasteiger partial charge in [0.1, 0.15) is 0 Å². The van der Waals surface area contributed by atoms with Gasteiger partial charge >= 0.3 is 0 Å². The Bertz CT molecular complexity index is 294. The van der Waals surface area contributed by atoms with Gasteiger partial charge in [0, 0.05) is 10.4 Å². The largest absolute Gasteiger partial charge is 0.242 e. The minimum absolute atomic E-state index is 0.0908. The normalized spacial score (nSPS) is 26.5. The molecule has 0 radical (unpaired) electrons. The molecule has 0 N–H and O–H groups in total. The van der Waals surface area contributed by atoms with E-state index < -0.39 is 12.3 Å². The SMILES string of the molecule is FC(F)[C@@H]1C[C@H]1c1ccc(Br)cc1. The molecule has 70 valence electrons. The third kappa shape index (κ3) is 1.90. The molecule has 0 aliphatic heterocycles. The first-order valence-electron chi connectivity index (χ1n) is 4.22. The highest BCUT2D eigenvalue weighted by atomic mass is 79.9. The predicted molar refractivity (Wildman–Crippen MR) is 51.0 cm³/mol. The molecule has 0 spiro atoms.